The van der Waals surface area contributed by atoms with Crippen molar-refractivity contribution in [3.8, 4) is 0 Å². The van der Waals surface area contributed by atoms with Crippen molar-refractivity contribution in [2.75, 3.05) is 26.2 Å². The lowest BCUT2D eigenvalue weighted by Crippen LogP contribution is -2.56. The highest BCUT2D eigenvalue weighted by Crippen LogP contribution is 2.32. The molecular weight excluding hydrogens is 300 g/mol. The molecule has 0 aromatic heterocycles. The molecule has 0 unspecified atom stereocenters. The second-order valence-corrected chi connectivity index (χ2v) is 7.60. The summed E-state index contributed by atoms with van der Waals surface area (Å²) in [5.41, 5.74) is 1.66. The first-order chi connectivity index (χ1) is 11.4. The third-order valence-corrected chi connectivity index (χ3v) is 5.87. The third-order valence-electron chi connectivity index (χ3n) is 5.87. The molecule has 24 heavy (non-hydrogen) atoms. The van der Waals surface area contributed by atoms with Crippen LogP contribution in [-0.2, 0) is 4.79 Å². The SMILES string of the molecule is C=NC=N/C(C)=C(\C)C(=O)N1CCC(C)(N2CCC(C)CC2)CC1. The molecule has 0 spiro atoms. The van der Waals surface area contributed by atoms with Gasteiger partial charge < -0.3 is 4.90 Å². The fourth-order valence-corrected chi connectivity index (χ4v) is 3.67. The maximum atomic E-state index is 12.7. The van der Waals surface area contributed by atoms with Crippen molar-refractivity contribution in [3.05, 3.63) is 11.3 Å². The summed E-state index contributed by atoms with van der Waals surface area (Å²) in [4.78, 5) is 25.0. The fourth-order valence-electron chi connectivity index (χ4n) is 3.67. The minimum atomic E-state index is 0.100. The van der Waals surface area contributed by atoms with Crippen LogP contribution < -0.4 is 0 Å². The molecule has 0 aliphatic carbocycles. The molecule has 5 heteroatoms. The highest BCUT2D eigenvalue weighted by Gasteiger charge is 2.38. The van der Waals surface area contributed by atoms with Crippen molar-refractivity contribution in [1.29, 1.82) is 0 Å². The predicted molar refractivity (Wildman–Crippen MR) is 101 cm³/mol. The average Bonchev–Trinajstić information content (AvgIpc) is 2.59. The van der Waals surface area contributed by atoms with E-state index in [1.165, 1.54) is 32.3 Å². The number of piperidine rings is 2. The number of amides is 1. The number of hydrogen-bond acceptors (Lipinski definition) is 3. The van der Waals surface area contributed by atoms with Crippen molar-refractivity contribution in [1.82, 2.24) is 9.80 Å². The molecule has 0 aromatic rings. The largest absolute Gasteiger partial charge is 0.339 e. The van der Waals surface area contributed by atoms with Gasteiger partial charge in [-0.15, -0.1) is 0 Å². The summed E-state index contributed by atoms with van der Waals surface area (Å²) < 4.78 is 0. The number of aliphatic imine (C=N–C) groups is 2. The zero-order valence-corrected chi connectivity index (χ0v) is 15.7. The highest BCUT2D eigenvalue weighted by molar-refractivity contribution is 5.93. The third kappa shape index (κ3) is 4.32. The number of carbonyl (C=O) groups is 1. The van der Waals surface area contributed by atoms with Crippen LogP contribution in [0.3, 0.4) is 0 Å². The molecule has 2 heterocycles. The van der Waals surface area contributed by atoms with Gasteiger partial charge in [0, 0.05) is 29.9 Å². The lowest BCUT2D eigenvalue weighted by molar-refractivity contribution is -0.130. The number of hydrogen-bond donors (Lipinski definition) is 0. The highest BCUT2D eigenvalue weighted by atomic mass is 16.2. The van der Waals surface area contributed by atoms with E-state index in [0.29, 0.717) is 11.3 Å². The Kier molecular flexibility index (Phi) is 6.33. The second kappa shape index (κ2) is 8.06. The van der Waals surface area contributed by atoms with E-state index in [1.807, 2.05) is 18.7 Å². The molecule has 0 saturated carbocycles. The predicted octanol–water partition coefficient (Wildman–Crippen LogP) is 3.12. The van der Waals surface area contributed by atoms with Crippen LogP contribution in [0.4, 0.5) is 0 Å². The van der Waals surface area contributed by atoms with Crippen LogP contribution in [0, 0.1) is 5.92 Å². The van der Waals surface area contributed by atoms with E-state index in [9.17, 15) is 4.79 Å². The molecule has 2 aliphatic heterocycles. The van der Waals surface area contributed by atoms with E-state index < -0.39 is 0 Å². The zero-order valence-electron chi connectivity index (χ0n) is 15.7. The number of nitrogens with zero attached hydrogens (tertiary/aromatic N) is 4. The van der Waals surface area contributed by atoms with E-state index in [2.05, 4.69) is 35.4 Å². The number of allylic oxidation sites excluding steroid dienone is 1. The van der Waals surface area contributed by atoms with Gasteiger partial charge in [-0.25, -0.2) is 4.99 Å². The summed E-state index contributed by atoms with van der Waals surface area (Å²) >= 11 is 0. The number of carbonyl (C=O) groups excluding carboxylic acids is 1. The summed E-state index contributed by atoms with van der Waals surface area (Å²) in [6.45, 7) is 15.8. The van der Waals surface area contributed by atoms with Crippen LogP contribution in [-0.4, -0.2) is 60.5 Å². The molecule has 0 aromatic carbocycles. The first-order valence-corrected chi connectivity index (χ1v) is 9.07. The maximum Gasteiger partial charge on any atom is 0.251 e. The van der Waals surface area contributed by atoms with E-state index in [-0.39, 0.29) is 11.4 Å². The standard InChI is InChI=1S/C19H32N4O/c1-15-6-10-23(11-7-15)19(4)8-12-22(13-9-19)18(24)16(2)17(3)21-14-20-5/h14-15H,5-13H2,1-4H3/b17-16+,21-14?. The van der Waals surface area contributed by atoms with Gasteiger partial charge in [0.15, 0.2) is 0 Å². The van der Waals surface area contributed by atoms with Crippen molar-refractivity contribution < 1.29 is 4.79 Å². The minimum Gasteiger partial charge on any atom is -0.339 e. The first-order valence-electron chi connectivity index (χ1n) is 9.07. The summed E-state index contributed by atoms with van der Waals surface area (Å²) in [6, 6.07) is 0. The molecule has 2 aliphatic rings. The quantitative estimate of drug-likeness (QED) is 0.451. The van der Waals surface area contributed by atoms with Gasteiger partial charge in [-0.05, 0) is 72.2 Å². The van der Waals surface area contributed by atoms with E-state index in [1.54, 1.807) is 0 Å². The van der Waals surface area contributed by atoms with Crippen LogP contribution >= 0.6 is 0 Å². The van der Waals surface area contributed by atoms with Crippen molar-refractivity contribution >= 4 is 19.0 Å². The summed E-state index contributed by atoms with van der Waals surface area (Å²) in [5.74, 6) is 0.955. The monoisotopic (exact) mass is 332 g/mol. The Balaban J connectivity index is 1.95. The Morgan fingerprint density at radius 1 is 1.17 bits per heavy atom. The molecule has 0 radical (unpaired) electrons. The Morgan fingerprint density at radius 3 is 2.29 bits per heavy atom. The molecular formula is C19H32N4O. The molecule has 0 atom stereocenters. The van der Waals surface area contributed by atoms with Gasteiger partial charge in [-0.2, -0.15) is 0 Å². The molecule has 5 nitrogen and oxygen atoms in total. The topological polar surface area (TPSA) is 48.3 Å². The Hall–Kier alpha value is -1.49. The minimum absolute atomic E-state index is 0.100. The van der Waals surface area contributed by atoms with E-state index >= 15 is 0 Å². The molecule has 2 rings (SSSR count). The molecule has 2 fully saturated rings. The first kappa shape index (κ1) is 18.8. The van der Waals surface area contributed by atoms with Crippen LogP contribution in [0.5, 0.6) is 0 Å². The number of rotatable bonds is 4. The molecule has 2 saturated heterocycles. The second-order valence-electron chi connectivity index (χ2n) is 7.60. The smallest absolute Gasteiger partial charge is 0.251 e. The lowest BCUT2D eigenvalue weighted by atomic mass is 9.84. The van der Waals surface area contributed by atoms with Gasteiger partial charge in [-0.3, -0.25) is 14.7 Å². The normalized spacial score (nSPS) is 24.1. The van der Waals surface area contributed by atoms with E-state index in [4.69, 9.17) is 0 Å². The lowest BCUT2D eigenvalue weighted by Gasteiger charge is -2.49. The Morgan fingerprint density at radius 2 is 1.75 bits per heavy atom. The van der Waals surface area contributed by atoms with Gasteiger partial charge in [0.25, 0.3) is 5.91 Å². The maximum absolute atomic E-state index is 12.7. The van der Waals surface area contributed by atoms with Crippen LogP contribution in [0.2, 0.25) is 0 Å². The summed E-state index contributed by atoms with van der Waals surface area (Å²) in [7, 11) is 0. The van der Waals surface area contributed by atoms with Gasteiger partial charge in [0.05, 0.1) is 0 Å². The number of likely N-dealkylation sites (tertiary alicyclic amines) is 2. The van der Waals surface area contributed by atoms with Gasteiger partial charge >= 0.3 is 0 Å². The molecule has 1 amide bonds. The van der Waals surface area contributed by atoms with Gasteiger partial charge in [0.2, 0.25) is 0 Å². The fraction of sp³-hybridized carbons (Fsp3) is 0.737. The summed E-state index contributed by atoms with van der Waals surface area (Å²) in [6.07, 6.45) is 6.09. The Bertz CT molecular complexity index is 521. The van der Waals surface area contributed by atoms with Crippen molar-refractivity contribution in [3.63, 3.8) is 0 Å². The molecule has 134 valence electrons. The van der Waals surface area contributed by atoms with Gasteiger partial charge in [-0.1, -0.05) is 6.92 Å². The molecule has 0 bridgehead atoms. The van der Waals surface area contributed by atoms with Gasteiger partial charge in [0.1, 0.15) is 6.34 Å². The van der Waals surface area contributed by atoms with Crippen LogP contribution in [0.25, 0.3) is 0 Å². The zero-order chi connectivity index (χ0) is 17.7. The van der Waals surface area contributed by atoms with E-state index in [0.717, 1.165) is 31.8 Å². The van der Waals surface area contributed by atoms with Crippen LogP contribution in [0.1, 0.15) is 53.4 Å². The van der Waals surface area contributed by atoms with Crippen molar-refractivity contribution in [2.24, 2.45) is 15.9 Å². The van der Waals surface area contributed by atoms with Crippen LogP contribution in [0.15, 0.2) is 21.3 Å². The van der Waals surface area contributed by atoms with Crippen molar-refractivity contribution in [2.45, 2.75) is 58.9 Å². The molecule has 0 N–H and O–H groups in total. The summed E-state index contributed by atoms with van der Waals surface area (Å²) in [5, 5.41) is 0. The Labute approximate surface area is 146 Å². The average molecular weight is 332 g/mol.